The maximum atomic E-state index is 12.3. The Hall–Kier alpha value is -1.67. The van der Waals surface area contributed by atoms with E-state index in [0.717, 1.165) is 50.6 Å². The molecule has 6 fully saturated rings. The Balaban J connectivity index is 0.986. The van der Waals surface area contributed by atoms with Crippen LogP contribution in [-0.4, -0.2) is 56.2 Å². The number of benzene rings is 1. The number of hydrogen-bond donors (Lipinski definition) is 1. The van der Waals surface area contributed by atoms with E-state index in [1.807, 2.05) is 19.2 Å². The Kier molecular flexibility index (Phi) is 6.78. The van der Waals surface area contributed by atoms with E-state index in [-0.39, 0.29) is 12.2 Å². The van der Waals surface area contributed by atoms with Gasteiger partial charge in [-0.15, -0.1) is 0 Å². The normalized spacial score (nSPS) is 38.5. The van der Waals surface area contributed by atoms with Crippen molar-refractivity contribution in [1.29, 1.82) is 0 Å². The first kappa shape index (κ1) is 23.7. The van der Waals surface area contributed by atoms with Gasteiger partial charge < -0.3 is 19.7 Å². The van der Waals surface area contributed by atoms with Crippen LogP contribution in [0.1, 0.15) is 69.3 Å². The number of piperazine rings is 1. The highest BCUT2D eigenvalue weighted by atomic mass is 17.2. The van der Waals surface area contributed by atoms with Crippen LogP contribution in [0.2, 0.25) is 0 Å². The fourth-order valence-electron chi connectivity index (χ4n) is 7.80. The zero-order chi connectivity index (χ0) is 23.8. The molecule has 1 aliphatic heterocycles. The van der Waals surface area contributed by atoms with Crippen molar-refractivity contribution >= 4 is 6.09 Å². The van der Waals surface area contributed by atoms with Gasteiger partial charge in [0.2, 0.25) is 5.79 Å². The monoisotopic (exact) mass is 484 g/mol. The molecule has 1 aromatic rings. The van der Waals surface area contributed by atoms with Crippen LogP contribution in [-0.2, 0) is 14.5 Å². The molecular formula is C28H40N2O5. The Morgan fingerprint density at radius 1 is 0.914 bits per heavy atom. The molecule has 192 valence electrons. The molecule has 0 unspecified atom stereocenters. The molecular weight excluding hydrogens is 444 g/mol. The molecule has 5 saturated carbocycles. The lowest BCUT2D eigenvalue weighted by Gasteiger charge is -2.58. The highest BCUT2D eigenvalue weighted by Gasteiger charge is 2.60. The summed E-state index contributed by atoms with van der Waals surface area (Å²) in [6.07, 6.45) is 10.4. The molecule has 4 bridgehead atoms. The summed E-state index contributed by atoms with van der Waals surface area (Å²) in [6.45, 7) is 3.03. The van der Waals surface area contributed by atoms with Crippen molar-refractivity contribution in [2.24, 2.45) is 23.7 Å². The Morgan fingerprint density at radius 3 is 2.14 bits per heavy atom. The standard InChI is InChI=1S/C28H40N2O5/c1-32-28(23-15-19-14-20(17-23)18-24(28)16-19)35-34-26-8-4-22(5-9-26)21-2-6-25(7-3-21)33-27(31)30-12-10-29-11-13-30/h2-3,6-7,19-20,22-24,26,29H,4-5,8-18H2,1H3. The number of methoxy groups -OCH3 is 1. The quantitative estimate of drug-likeness (QED) is 0.353. The Bertz CT molecular complexity index is 848. The minimum atomic E-state index is -0.526. The number of ether oxygens (including phenoxy) is 2. The Morgan fingerprint density at radius 2 is 1.54 bits per heavy atom. The van der Waals surface area contributed by atoms with Gasteiger partial charge in [0.15, 0.2) is 0 Å². The van der Waals surface area contributed by atoms with E-state index in [0.29, 0.717) is 36.6 Å². The van der Waals surface area contributed by atoms with E-state index in [4.69, 9.17) is 19.2 Å². The summed E-state index contributed by atoms with van der Waals surface area (Å²) in [4.78, 5) is 26.5. The first-order chi connectivity index (χ1) is 17.1. The van der Waals surface area contributed by atoms with Crippen molar-refractivity contribution < 1.29 is 24.0 Å². The summed E-state index contributed by atoms with van der Waals surface area (Å²) < 4.78 is 11.7. The summed E-state index contributed by atoms with van der Waals surface area (Å²) >= 11 is 0. The first-order valence-corrected chi connectivity index (χ1v) is 13.8. The number of amides is 1. The van der Waals surface area contributed by atoms with Crippen molar-refractivity contribution in [1.82, 2.24) is 10.2 Å². The first-order valence-electron chi connectivity index (χ1n) is 13.8. The summed E-state index contributed by atoms with van der Waals surface area (Å²) in [6, 6.07) is 8.07. The van der Waals surface area contributed by atoms with Gasteiger partial charge in [0.25, 0.3) is 0 Å². The van der Waals surface area contributed by atoms with Gasteiger partial charge in [-0.05, 0) is 93.2 Å². The van der Waals surface area contributed by atoms with Gasteiger partial charge in [0, 0.05) is 45.1 Å². The average molecular weight is 485 g/mol. The summed E-state index contributed by atoms with van der Waals surface area (Å²) in [5, 5.41) is 3.25. The van der Waals surface area contributed by atoms with Gasteiger partial charge in [-0.2, -0.15) is 0 Å². The fourth-order valence-corrected chi connectivity index (χ4v) is 7.80. The van der Waals surface area contributed by atoms with E-state index in [1.54, 1.807) is 4.90 Å². The van der Waals surface area contributed by atoms with Crippen molar-refractivity contribution in [2.75, 3.05) is 33.3 Å². The lowest BCUT2D eigenvalue weighted by molar-refractivity contribution is -0.485. The molecule has 7 rings (SSSR count). The third-order valence-corrected chi connectivity index (χ3v) is 9.52. The van der Waals surface area contributed by atoms with Crippen molar-refractivity contribution in [2.45, 2.75) is 75.6 Å². The molecule has 1 N–H and O–H groups in total. The van der Waals surface area contributed by atoms with Gasteiger partial charge in [-0.25, -0.2) is 14.6 Å². The number of carbonyl (C=O) groups excluding carboxylic acids is 1. The highest BCUT2D eigenvalue weighted by molar-refractivity contribution is 5.70. The lowest BCUT2D eigenvalue weighted by atomic mass is 9.53. The maximum absolute atomic E-state index is 12.3. The molecule has 1 aromatic carbocycles. The minimum absolute atomic E-state index is 0.134. The molecule has 7 heteroatoms. The topological polar surface area (TPSA) is 69.3 Å². The van der Waals surface area contributed by atoms with Crippen LogP contribution < -0.4 is 10.1 Å². The fraction of sp³-hybridized carbons (Fsp3) is 0.750. The van der Waals surface area contributed by atoms with E-state index in [2.05, 4.69) is 17.4 Å². The average Bonchev–Trinajstić information content (AvgIpc) is 2.90. The van der Waals surface area contributed by atoms with E-state index in [9.17, 15) is 4.79 Å². The van der Waals surface area contributed by atoms with Gasteiger partial charge >= 0.3 is 6.09 Å². The van der Waals surface area contributed by atoms with Gasteiger partial charge in [0.05, 0.1) is 6.10 Å². The van der Waals surface area contributed by atoms with Crippen LogP contribution >= 0.6 is 0 Å². The molecule has 1 amide bonds. The zero-order valence-corrected chi connectivity index (χ0v) is 21.0. The summed E-state index contributed by atoms with van der Waals surface area (Å²) in [5.41, 5.74) is 1.31. The molecule has 7 nitrogen and oxygen atoms in total. The van der Waals surface area contributed by atoms with E-state index in [1.165, 1.54) is 37.7 Å². The second-order valence-electron chi connectivity index (χ2n) is 11.6. The molecule has 1 saturated heterocycles. The molecule has 0 radical (unpaired) electrons. The van der Waals surface area contributed by atoms with Crippen molar-refractivity contribution in [3.05, 3.63) is 29.8 Å². The molecule has 0 spiro atoms. The van der Waals surface area contributed by atoms with E-state index < -0.39 is 5.79 Å². The van der Waals surface area contributed by atoms with Crippen LogP contribution in [0, 0.1) is 23.7 Å². The molecule has 6 aliphatic rings. The number of hydrogen-bond acceptors (Lipinski definition) is 6. The minimum Gasteiger partial charge on any atom is -0.410 e. The van der Waals surface area contributed by atoms with E-state index >= 15 is 0 Å². The highest BCUT2D eigenvalue weighted by Crippen LogP contribution is 2.60. The predicted molar refractivity (Wildman–Crippen MR) is 131 cm³/mol. The second kappa shape index (κ2) is 10.0. The third-order valence-electron chi connectivity index (χ3n) is 9.52. The van der Waals surface area contributed by atoms with Gasteiger partial charge in [-0.1, -0.05) is 12.1 Å². The molecule has 0 aromatic heterocycles. The van der Waals surface area contributed by atoms with Crippen LogP contribution in [0.25, 0.3) is 0 Å². The van der Waals surface area contributed by atoms with Crippen molar-refractivity contribution in [3.63, 3.8) is 0 Å². The van der Waals surface area contributed by atoms with Gasteiger partial charge in [-0.3, -0.25) is 0 Å². The number of nitrogens with one attached hydrogen (secondary N) is 1. The lowest BCUT2D eigenvalue weighted by Crippen LogP contribution is -2.60. The third kappa shape index (κ3) is 4.73. The summed E-state index contributed by atoms with van der Waals surface area (Å²) in [5.74, 6) is 3.31. The Labute approximate surface area is 208 Å². The molecule has 1 heterocycles. The van der Waals surface area contributed by atoms with Crippen molar-refractivity contribution in [3.8, 4) is 5.75 Å². The van der Waals surface area contributed by atoms with Crippen LogP contribution in [0.3, 0.4) is 0 Å². The molecule has 5 aliphatic carbocycles. The second-order valence-corrected chi connectivity index (χ2v) is 11.6. The summed E-state index contributed by atoms with van der Waals surface area (Å²) in [7, 11) is 1.81. The largest absolute Gasteiger partial charge is 0.415 e. The smallest absolute Gasteiger partial charge is 0.410 e. The number of nitrogens with zero attached hydrogens (tertiary/aromatic N) is 1. The van der Waals surface area contributed by atoms with Crippen LogP contribution in [0.15, 0.2) is 24.3 Å². The zero-order valence-electron chi connectivity index (χ0n) is 21.0. The van der Waals surface area contributed by atoms with Crippen LogP contribution in [0.5, 0.6) is 5.75 Å². The number of rotatable bonds is 6. The molecule has 35 heavy (non-hydrogen) atoms. The maximum Gasteiger partial charge on any atom is 0.415 e. The SMILES string of the molecule is COC1(OOC2CCC(c3ccc(OC(=O)N4CCNCC4)cc3)CC2)C2CC3CC(C2)CC1C3. The predicted octanol–water partition coefficient (Wildman–Crippen LogP) is 4.86. The van der Waals surface area contributed by atoms with Gasteiger partial charge in [0.1, 0.15) is 5.75 Å². The van der Waals surface area contributed by atoms with Crippen LogP contribution in [0.4, 0.5) is 4.79 Å². The number of carbonyl (C=O) groups is 1. The molecule has 0 atom stereocenters.